The van der Waals surface area contributed by atoms with Crippen molar-refractivity contribution in [3.63, 3.8) is 0 Å². The Labute approximate surface area is 198 Å². The molecule has 170 valence electrons. The molecular formula is C26H28N4O2S. The molecule has 1 aromatic heterocycles. The number of hydrogen-bond acceptors (Lipinski definition) is 5. The number of rotatable bonds is 8. The minimum Gasteiger partial charge on any atom is -0.485 e. The van der Waals surface area contributed by atoms with Crippen molar-refractivity contribution >= 4 is 34.1 Å². The number of carbonyl (C=O) groups excluding carboxylic acids is 1. The van der Waals surface area contributed by atoms with E-state index in [1.807, 2.05) is 61.7 Å². The second kappa shape index (κ2) is 10.1. The number of aromatic nitrogens is 3. The van der Waals surface area contributed by atoms with Gasteiger partial charge in [-0.15, -0.1) is 10.2 Å². The lowest BCUT2D eigenvalue weighted by molar-refractivity contribution is -0.113. The number of thioether (sulfide) groups is 1. The van der Waals surface area contributed by atoms with Crippen molar-refractivity contribution in [2.75, 3.05) is 11.1 Å². The van der Waals surface area contributed by atoms with Gasteiger partial charge in [-0.1, -0.05) is 54.2 Å². The van der Waals surface area contributed by atoms with Crippen molar-refractivity contribution in [1.82, 2.24) is 14.8 Å². The lowest BCUT2D eigenvalue weighted by Gasteiger charge is -2.12. The fourth-order valence-electron chi connectivity index (χ4n) is 3.74. The molecule has 7 heteroatoms. The molecular weight excluding hydrogens is 432 g/mol. The van der Waals surface area contributed by atoms with Crippen molar-refractivity contribution in [3.8, 4) is 5.75 Å². The van der Waals surface area contributed by atoms with Crippen molar-refractivity contribution in [3.05, 3.63) is 77.1 Å². The van der Waals surface area contributed by atoms with Crippen LogP contribution >= 0.6 is 11.8 Å². The zero-order chi connectivity index (χ0) is 23.4. The number of aryl methyl sites for hydroxylation is 3. The second-order valence-corrected chi connectivity index (χ2v) is 8.94. The van der Waals surface area contributed by atoms with Crippen LogP contribution in [0, 0.1) is 20.8 Å². The third kappa shape index (κ3) is 5.20. The molecule has 0 aliphatic carbocycles. The largest absolute Gasteiger partial charge is 0.485 e. The first kappa shape index (κ1) is 22.9. The number of hydrogen-bond donors (Lipinski definition) is 1. The molecule has 0 radical (unpaired) electrons. The molecule has 3 aromatic carbocycles. The number of fused-ring (bicyclic) bond motifs is 1. The number of ether oxygens (including phenoxy) is 1. The highest BCUT2D eigenvalue weighted by atomic mass is 32.2. The highest BCUT2D eigenvalue weighted by molar-refractivity contribution is 7.99. The Bertz CT molecular complexity index is 1300. The van der Waals surface area contributed by atoms with Crippen LogP contribution < -0.4 is 10.1 Å². The zero-order valence-electron chi connectivity index (χ0n) is 19.4. The van der Waals surface area contributed by atoms with Crippen LogP contribution in [0.1, 0.15) is 29.4 Å². The quantitative estimate of drug-likeness (QED) is 0.342. The van der Waals surface area contributed by atoms with E-state index in [2.05, 4.69) is 40.6 Å². The van der Waals surface area contributed by atoms with Crippen LogP contribution in [0.3, 0.4) is 0 Å². The van der Waals surface area contributed by atoms with Crippen LogP contribution in [0.15, 0.2) is 59.8 Å². The van der Waals surface area contributed by atoms with E-state index in [-0.39, 0.29) is 11.7 Å². The molecule has 0 fully saturated rings. The van der Waals surface area contributed by atoms with E-state index in [0.717, 1.165) is 34.0 Å². The summed E-state index contributed by atoms with van der Waals surface area (Å²) in [4.78, 5) is 12.5. The summed E-state index contributed by atoms with van der Waals surface area (Å²) in [5.74, 6) is 1.77. The van der Waals surface area contributed by atoms with Crippen LogP contribution in [0.4, 0.5) is 5.69 Å². The van der Waals surface area contributed by atoms with E-state index in [4.69, 9.17) is 4.74 Å². The van der Waals surface area contributed by atoms with Crippen molar-refractivity contribution in [2.24, 2.45) is 0 Å². The first-order valence-electron chi connectivity index (χ1n) is 11.0. The van der Waals surface area contributed by atoms with Gasteiger partial charge in [0.25, 0.3) is 0 Å². The normalized spacial score (nSPS) is 11.0. The first-order chi connectivity index (χ1) is 16.0. The number of nitrogens with zero attached hydrogens (tertiary/aromatic N) is 3. The average Bonchev–Trinajstić information content (AvgIpc) is 3.21. The Hall–Kier alpha value is -3.32. The first-order valence-corrected chi connectivity index (χ1v) is 12.0. The fourth-order valence-corrected chi connectivity index (χ4v) is 4.56. The van der Waals surface area contributed by atoms with Gasteiger partial charge in [-0.05, 0) is 67.3 Å². The maximum absolute atomic E-state index is 12.5. The zero-order valence-corrected chi connectivity index (χ0v) is 20.2. The molecule has 4 aromatic rings. The predicted octanol–water partition coefficient (Wildman–Crippen LogP) is 5.69. The number of benzene rings is 3. The smallest absolute Gasteiger partial charge is 0.234 e. The van der Waals surface area contributed by atoms with Gasteiger partial charge < -0.3 is 14.6 Å². The Morgan fingerprint density at radius 3 is 2.70 bits per heavy atom. The van der Waals surface area contributed by atoms with E-state index in [1.54, 1.807) is 0 Å². The molecule has 4 rings (SSSR count). The molecule has 0 bridgehead atoms. The van der Waals surface area contributed by atoms with Crippen LogP contribution in [0.25, 0.3) is 10.8 Å². The summed E-state index contributed by atoms with van der Waals surface area (Å²) >= 11 is 1.38. The van der Waals surface area contributed by atoms with E-state index < -0.39 is 0 Å². The molecule has 1 heterocycles. The molecule has 1 amide bonds. The van der Waals surface area contributed by atoms with Gasteiger partial charge in [0.05, 0.1) is 5.75 Å². The fraction of sp³-hybridized carbons (Fsp3) is 0.269. The summed E-state index contributed by atoms with van der Waals surface area (Å²) in [5.41, 5.74) is 4.10. The van der Waals surface area contributed by atoms with Gasteiger partial charge in [0, 0.05) is 12.2 Å². The van der Waals surface area contributed by atoms with E-state index in [1.165, 1.54) is 22.5 Å². The van der Waals surface area contributed by atoms with Gasteiger partial charge in [-0.25, -0.2) is 0 Å². The molecule has 0 spiro atoms. The lowest BCUT2D eigenvalue weighted by Crippen LogP contribution is -2.15. The molecule has 6 nitrogen and oxygen atoms in total. The monoisotopic (exact) mass is 460 g/mol. The van der Waals surface area contributed by atoms with Gasteiger partial charge in [0.2, 0.25) is 5.91 Å². The molecule has 0 aliphatic heterocycles. The number of nitrogens with one attached hydrogen (secondary N) is 1. The van der Waals surface area contributed by atoms with E-state index >= 15 is 0 Å². The van der Waals surface area contributed by atoms with Gasteiger partial charge in [0.15, 0.2) is 11.0 Å². The SMILES string of the molecule is CCn1c(COc2ccc3ccccc3c2C)nnc1SCC(=O)Nc1cc(C)ccc1C. The Balaban J connectivity index is 1.40. The standard InChI is InChI=1S/C26H28N4O2S/c1-5-30-24(15-32-23-13-12-20-8-6-7-9-21(20)19(23)4)28-29-26(30)33-16-25(31)27-22-14-17(2)10-11-18(22)3/h6-14H,5,15-16H2,1-4H3,(H,27,31). The topological polar surface area (TPSA) is 69.0 Å². The minimum atomic E-state index is -0.0658. The molecule has 0 aliphatic rings. The van der Waals surface area contributed by atoms with Crippen molar-refractivity contribution in [1.29, 1.82) is 0 Å². The van der Waals surface area contributed by atoms with Crippen molar-refractivity contribution < 1.29 is 9.53 Å². The summed E-state index contributed by atoms with van der Waals surface area (Å²) in [5, 5.41) is 14.7. The molecule has 0 saturated carbocycles. The van der Waals surface area contributed by atoms with Crippen LogP contribution in [0.5, 0.6) is 5.75 Å². The Kier molecular flexibility index (Phi) is 6.99. The van der Waals surface area contributed by atoms with Gasteiger partial charge in [-0.3, -0.25) is 4.79 Å². The maximum atomic E-state index is 12.5. The summed E-state index contributed by atoms with van der Waals surface area (Å²) in [6.45, 7) is 9.11. The number of anilines is 1. The number of carbonyl (C=O) groups is 1. The molecule has 0 saturated heterocycles. The third-order valence-corrected chi connectivity index (χ3v) is 6.58. The molecule has 0 atom stereocenters. The maximum Gasteiger partial charge on any atom is 0.234 e. The summed E-state index contributed by atoms with van der Waals surface area (Å²) in [6, 6.07) is 18.4. The van der Waals surface area contributed by atoms with E-state index in [9.17, 15) is 4.79 Å². The van der Waals surface area contributed by atoms with Crippen molar-refractivity contribution in [2.45, 2.75) is 46.0 Å². The highest BCUT2D eigenvalue weighted by Crippen LogP contribution is 2.28. The summed E-state index contributed by atoms with van der Waals surface area (Å²) < 4.78 is 8.10. The number of amides is 1. The molecule has 33 heavy (non-hydrogen) atoms. The van der Waals surface area contributed by atoms with Gasteiger partial charge in [-0.2, -0.15) is 0 Å². The Morgan fingerprint density at radius 2 is 1.88 bits per heavy atom. The van der Waals surface area contributed by atoms with Crippen LogP contribution in [-0.4, -0.2) is 26.4 Å². The molecule has 1 N–H and O–H groups in total. The second-order valence-electron chi connectivity index (χ2n) is 8.00. The van der Waals surface area contributed by atoms with Gasteiger partial charge in [0.1, 0.15) is 12.4 Å². The van der Waals surface area contributed by atoms with E-state index in [0.29, 0.717) is 18.3 Å². The highest BCUT2D eigenvalue weighted by Gasteiger charge is 2.15. The Morgan fingerprint density at radius 1 is 1.06 bits per heavy atom. The van der Waals surface area contributed by atoms with Gasteiger partial charge >= 0.3 is 0 Å². The predicted molar refractivity (Wildman–Crippen MR) is 134 cm³/mol. The lowest BCUT2D eigenvalue weighted by atomic mass is 10.0. The average molecular weight is 461 g/mol. The summed E-state index contributed by atoms with van der Waals surface area (Å²) in [7, 11) is 0. The minimum absolute atomic E-state index is 0.0658. The van der Waals surface area contributed by atoms with Crippen LogP contribution in [-0.2, 0) is 17.9 Å². The summed E-state index contributed by atoms with van der Waals surface area (Å²) in [6.07, 6.45) is 0. The third-order valence-electron chi connectivity index (χ3n) is 5.61. The molecule has 0 unspecified atom stereocenters. The van der Waals surface area contributed by atoms with Crippen LogP contribution in [0.2, 0.25) is 0 Å².